The Morgan fingerprint density at radius 3 is 2.35 bits per heavy atom. The second-order valence-electron chi connectivity index (χ2n) is 7.28. The highest BCUT2D eigenvalue weighted by Crippen LogP contribution is 2.33. The summed E-state index contributed by atoms with van der Waals surface area (Å²) in [5.74, 6) is 1.98. The van der Waals surface area contributed by atoms with Gasteiger partial charge in [-0.2, -0.15) is 0 Å². The van der Waals surface area contributed by atoms with Gasteiger partial charge in [0.05, 0.1) is 12.8 Å². The number of hydrogen-bond acceptors (Lipinski definition) is 4. The van der Waals surface area contributed by atoms with Gasteiger partial charge in [0, 0.05) is 21.2 Å². The number of ether oxygens (including phenoxy) is 3. The van der Waals surface area contributed by atoms with Crippen LogP contribution < -0.4 is 19.5 Å². The van der Waals surface area contributed by atoms with Gasteiger partial charge in [0.25, 0.3) is 5.91 Å². The van der Waals surface area contributed by atoms with Crippen LogP contribution in [0, 0.1) is 0 Å². The molecule has 0 heterocycles. The quantitative estimate of drug-likeness (QED) is 0.274. The molecule has 0 radical (unpaired) electrons. The molecular weight excluding hydrogens is 473 g/mol. The summed E-state index contributed by atoms with van der Waals surface area (Å²) in [5.41, 5.74) is 1.72. The Labute approximate surface area is 207 Å². The summed E-state index contributed by atoms with van der Waals surface area (Å²) in [6, 6.07) is 26.5. The van der Waals surface area contributed by atoms with Crippen LogP contribution in [0.5, 0.6) is 23.0 Å². The third-order valence-electron chi connectivity index (χ3n) is 4.93. The molecule has 0 saturated heterocycles. The van der Waals surface area contributed by atoms with Gasteiger partial charge in [-0.3, -0.25) is 4.79 Å². The van der Waals surface area contributed by atoms with Gasteiger partial charge in [-0.15, -0.1) is 0 Å². The van der Waals surface area contributed by atoms with Crippen LogP contribution >= 0.6 is 23.2 Å². The Balaban J connectivity index is 1.48. The Morgan fingerprint density at radius 1 is 0.824 bits per heavy atom. The van der Waals surface area contributed by atoms with Gasteiger partial charge in [0.15, 0.2) is 5.75 Å². The summed E-state index contributed by atoms with van der Waals surface area (Å²) in [4.78, 5) is 13.0. The number of methoxy groups -OCH3 is 1. The number of carbonyl (C=O) groups excluding carboxylic acids is 1. The minimum absolute atomic E-state index is 0.291. The molecule has 172 valence electrons. The van der Waals surface area contributed by atoms with Gasteiger partial charge in [-0.25, -0.2) is 0 Å². The fourth-order valence-corrected chi connectivity index (χ4v) is 3.52. The molecule has 4 aromatic rings. The van der Waals surface area contributed by atoms with E-state index in [-0.39, 0.29) is 5.91 Å². The lowest BCUT2D eigenvalue weighted by Gasteiger charge is -2.14. The van der Waals surface area contributed by atoms with Crippen LogP contribution in [-0.2, 0) is 6.61 Å². The Kier molecular flexibility index (Phi) is 7.58. The van der Waals surface area contributed by atoms with E-state index in [0.717, 1.165) is 5.56 Å². The molecular formula is C27H21Cl2NO4. The van der Waals surface area contributed by atoms with Gasteiger partial charge in [0.1, 0.15) is 23.9 Å². The van der Waals surface area contributed by atoms with Crippen LogP contribution in [0.3, 0.4) is 0 Å². The van der Waals surface area contributed by atoms with Crippen molar-refractivity contribution in [3.05, 3.63) is 112 Å². The molecule has 0 aliphatic rings. The second-order valence-corrected chi connectivity index (χ2v) is 8.12. The molecule has 5 nitrogen and oxygen atoms in total. The SMILES string of the molecule is COc1ccc(Oc2ccc(Cl)cc2NC(=O)c2cccc(OCc3ccccc3Cl)c2)cc1. The van der Waals surface area contributed by atoms with Gasteiger partial charge in [-0.05, 0) is 66.7 Å². The van der Waals surface area contributed by atoms with E-state index >= 15 is 0 Å². The molecule has 34 heavy (non-hydrogen) atoms. The highest BCUT2D eigenvalue weighted by atomic mass is 35.5. The highest BCUT2D eigenvalue weighted by Gasteiger charge is 2.13. The summed E-state index contributed by atoms with van der Waals surface area (Å²) in [5, 5.41) is 3.96. The molecule has 0 aliphatic heterocycles. The maximum absolute atomic E-state index is 13.0. The summed E-state index contributed by atoms with van der Waals surface area (Å²) >= 11 is 12.4. The normalized spacial score (nSPS) is 10.4. The average molecular weight is 494 g/mol. The second kappa shape index (κ2) is 11.0. The van der Waals surface area contributed by atoms with Crippen LogP contribution in [-0.4, -0.2) is 13.0 Å². The minimum atomic E-state index is -0.329. The standard InChI is InChI=1S/C27H21Cl2NO4/c1-32-21-10-12-22(13-11-21)34-26-14-9-20(28)16-25(26)30-27(31)18-6-4-7-23(15-18)33-17-19-5-2-3-8-24(19)29/h2-16H,17H2,1H3,(H,30,31). The topological polar surface area (TPSA) is 56.8 Å². The van der Waals surface area contributed by atoms with E-state index in [4.69, 9.17) is 37.4 Å². The molecule has 4 aromatic carbocycles. The van der Waals surface area contributed by atoms with Crippen LogP contribution in [0.25, 0.3) is 0 Å². The lowest BCUT2D eigenvalue weighted by molar-refractivity contribution is 0.102. The fraction of sp³-hybridized carbons (Fsp3) is 0.0741. The molecule has 0 spiro atoms. The summed E-state index contributed by atoms with van der Waals surface area (Å²) < 4.78 is 17.0. The Bertz CT molecular complexity index is 1290. The first-order valence-electron chi connectivity index (χ1n) is 10.4. The minimum Gasteiger partial charge on any atom is -0.497 e. The zero-order valence-electron chi connectivity index (χ0n) is 18.3. The number of halogens is 2. The van der Waals surface area contributed by atoms with E-state index in [1.807, 2.05) is 18.2 Å². The molecule has 7 heteroatoms. The number of nitrogens with one attached hydrogen (secondary N) is 1. The highest BCUT2D eigenvalue weighted by molar-refractivity contribution is 6.31. The van der Waals surface area contributed by atoms with Crippen LogP contribution in [0.15, 0.2) is 91.0 Å². The summed E-state index contributed by atoms with van der Waals surface area (Å²) in [6.45, 7) is 0.291. The van der Waals surface area contributed by atoms with Crippen molar-refractivity contribution in [1.82, 2.24) is 0 Å². The molecule has 0 fully saturated rings. The summed E-state index contributed by atoms with van der Waals surface area (Å²) in [7, 11) is 1.60. The maximum Gasteiger partial charge on any atom is 0.255 e. The van der Waals surface area contributed by atoms with Crippen LogP contribution in [0.1, 0.15) is 15.9 Å². The van der Waals surface area contributed by atoms with Crippen molar-refractivity contribution >= 4 is 34.8 Å². The average Bonchev–Trinajstić information content (AvgIpc) is 2.86. The zero-order chi connectivity index (χ0) is 23.9. The molecule has 1 N–H and O–H groups in total. The number of hydrogen-bond donors (Lipinski definition) is 1. The zero-order valence-corrected chi connectivity index (χ0v) is 19.8. The fourth-order valence-electron chi connectivity index (χ4n) is 3.16. The predicted molar refractivity (Wildman–Crippen MR) is 135 cm³/mol. The molecule has 4 rings (SSSR count). The number of amides is 1. The number of rotatable bonds is 8. The molecule has 0 atom stereocenters. The molecule has 0 saturated carbocycles. The number of carbonyl (C=O) groups is 1. The molecule has 0 bridgehead atoms. The Hall–Kier alpha value is -3.67. The van der Waals surface area contributed by atoms with E-state index in [1.54, 1.807) is 79.9 Å². The van der Waals surface area contributed by atoms with Crippen molar-refractivity contribution < 1.29 is 19.0 Å². The van der Waals surface area contributed by atoms with Crippen molar-refractivity contribution in [1.29, 1.82) is 0 Å². The smallest absolute Gasteiger partial charge is 0.255 e. The van der Waals surface area contributed by atoms with E-state index < -0.39 is 0 Å². The van der Waals surface area contributed by atoms with E-state index in [9.17, 15) is 4.79 Å². The third-order valence-corrected chi connectivity index (χ3v) is 5.53. The lowest BCUT2D eigenvalue weighted by Crippen LogP contribution is -2.12. The first-order chi connectivity index (χ1) is 16.5. The van der Waals surface area contributed by atoms with Crippen molar-refractivity contribution in [3.8, 4) is 23.0 Å². The molecule has 0 aromatic heterocycles. The third kappa shape index (κ3) is 6.01. The van der Waals surface area contributed by atoms with Gasteiger partial charge in [0.2, 0.25) is 0 Å². The first-order valence-corrected chi connectivity index (χ1v) is 11.2. The van der Waals surface area contributed by atoms with E-state index in [0.29, 0.717) is 50.9 Å². The van der Waals surface area contributed by atoms with Crippen LogP contribution in [0.2, 0.25) is 10.0 Å². The van der Waals surface area contributed by atoms with Gasteiger partial charge < -0.3 is 19.5 Å². The van der Waals surface area contributed by atoms with Gasteiger partial charge in [-0.1, -0.05) is 47.5 Å². The van der Waals surface area contributed by atoms with E-state index in [2.05, 4.69) is 5.32 Å². The van der Waals surface area contributed by atoms with Crippen molar-refractivity contribution in [2.45, 2.75) is 6.61 Å². The monoisotopic (exact) mass is 493 g/mol. The number of anilines is 1. The van der Waals surface area contributed by atoms with Gasteiger partial charge >= 0.3 is 0 Å². The maximum atomic E-state index is 13.0. The number of benzene rings is 4. The predicted octanol–water partition coefficient (Wildman–Crippen LogP) is 7.63. The molecule has 0 aliphatic carbocycles. The Morgan fingerprint density at radius 2 is 1.59 bits per heavy atom. The molecule has 1 amide bonds. The lowest BCUT2D eigenvalue weighted by atomic mass is 10.2. The summed E-state index contributed by atoms with van der Waals surface area (Å²) in [6.07, 6.45) is 0. The van der Waals surface area contributed by atoms with Crippen LogP contribution in [0.4, 0.5) is 5.69 Å². The van der Waals surface area contributed by atoms with Crippen molar-refractivity contribution in [2.24, 2.45) is 0 Å². The largest absolute Gasteiger partial charge is 0.497 e. The molecule has 0 unspecified atom stereocenters. The first kappa shape index (κ1) is 23.5. The van der Waals surface area contributed by atoms with E-state index in [1.165, 1.54) is 0 Å². The van der Waals surface area contributed by atoms with Crippen molar-refractivity contribution in [3.63, 3.8) is 0 Å². The van der Waals surface area contributed by atoms with Crippen molar-refractivity contribution in [2.75, 3.05) is 12.4 Å².